The van der Waals surface area contributed by atoms with Gasteiger partial charge in [0.05, 0.1) is 16.8 Å². The smallest absolute Gasteiger partial charge is 0.255 e. The molecule has 0 fully saturated rings. The Hall–Kier alpha value is -2.21. The topological polar surface area (TPSA) is 71.4 Å². The number of hydrogen-bond donors (Lipinski definition) is 1. The molecule has 1 aromatic carbocycles. The minimum absolute atomic E-state index is 0.130. The second-order valence-electron chi connectivity index (χ2n) is 6.34. The first-order chi connectivity index (χ1) is 10.7. The fourth-order valence-electron chi connectivity index (χ4n) is 2.02. The molecule has 23 heavy (non-hydrogen) atoms. The number of benzene rings is 1. The van der Waals surface area contributed by atoms with E-state index in [2.05, 4.69) is 14.9 Å². The first-order valence-corrected chi connectivity index (χ1v) is 8.75. The highest BCUT2D eigenvalue weighted by Crippen LogP contribution is 2.26. The number of hydrazone groups is 1. The average molecular weight is 331 g/mol. The van der Waals surface area contributed by atoms with Crippen molar-refractivity contribution in [3.8, 4) is 0 Å². The lowest BCUT2D eigenvalue weighted by Gasteiger charge is -2.20. The van der Waals surface area contributed by atoms with Gasteiger partial charge in [-0.15, -0.1) is 0 Å². The van der Waals surface area contributed by atoms with Gasteiger partial charge < -0.3 is 0 Å². The molecule has 6 heteroatoms. The molecule has 2 rings (SSSR count). The molecular formula is C17H21N3O2S. The van der Waals surface area contributed by atoms with Crippen molar-refractivity contribution in [2.24, 2.45) is 5.10 Å². The van der Waals surface area contributed by atoms with Crippen LogP contribution in [-0.2, 0) is 15.4 Å². The van der Waals surface area contributed by atoms with Gasteiger partial charge in [0.2, 0.25) is 0 Å². The summed E-state index contributed by atoms with van der Waals surface area (Å²) in [4.78, 5) is 6.53. The Balaban J connectivity index is 2.28. The second-order valence-corrected chi connectivity index (χ2v) is 7.97. The molecule has 0 atom stereocenters. The number of nitrogens with zero attached hydrogens (tertiary/aromatic N) is 2. The van der Waals surface area contributed by atoms with Crippen molar-refractivity contribution < 1.29 is 8.42 Å². The zero-order chi connectivity index (χ0) is 17.1. The molecule has 0 aliphatic heterocycles. The van der Waals surface area contributed by atoms with Crippen LogP contribution in [0.5, 0.6) is 0 Å². The summed E-state index contributed by atoms with van der Waals surface area (Å²) in [6, 6.07) is 10.8. The molecule has 0 unspecified atom stereocenters. The second kappa shape index (κ2) is 6.50. The lowest BCUT2D eigenvalue weighted by atomic mass is 9.87. The van der Waals surface area contributed by atoms with Crippen molar-refractivity contribution in [3.63, 3.8) is 0 Å². The Morgan fingerprint density at radius 2 is 1.91 bits per heavy atom. The summed E-state index contributed by atoms with van der Waals surface area (Å²) in [5.41, 5.74) is 2.08. The maximum atomic E-state index is 12.5. The van der Waals surface area contributed by atoms with Crippen LogP contribution < -0.4 is 4.83 Å². The van der Waals surface area contributed by atoms with Gasteiger partial charge in [-0.2, -0.15) is 18.4 Å². The Kier molecular flexibility index (Phi) is 4.85. The van der Waals surface area contributed by atoms with E-state index in [4.69, 9.17) is 0 Å². The highest BCUT2D eigenvalue weighted by Gasteiger charge is 2.20. The van der Waals surface area contributed by atoms with E-state index in [9.17, 15) is 8.42 Å². The minimum atomic E-state index is -3.72. The van der Waals surface area contributed by atoms with Crippen LogP contribution in [0.1, 0.15) is 37.6 Å². The molecule has 1 heterocycles. The maximum absolute atomic E-state index is 12.5. The van der Waals surface area contributed by atoms with Gasteiger partial charge in [0.25, 0.3) is 10.0 Å². The molecule has 5 nitrogen and oxygen atoms in total. The van der Waals surface area contributed by atoms with Crippen molar-refractivity contribution in [2.45, 2.75) is 38.0 Å². The molecule has 1 aromatic heterocycles. The highest BCUT2D eigenvalue weighted by atomic mass is 32.2. The summed E-state index contributed by atoms with van der Waals surface area (Å²) in [7, 11) is -3.72. The Labute approximate surface area is 137 Å². The van der Waals surface area contributed by atoms with Gasteiger partial charge >= 0.3 is 0 Å². The van der Waals surface area contributed by atoms with Crippen molar-refractivity contribution in [1.29, 1.82) is 0 Å². The van der Waals surface area contributed by atoms with Crippen molar-refractivity contribution in [2.75, 3.05) is 0 Å². The van der Waals surface area contributed by atoms with Gasteiger partial charge in [-0.25, -0.2) is 0 Å². The fourth-order valence-corrected chi connectivity index (χ4v) is 3.08. The fraction of sp³-hybridized carbons (Fsp3) is 0.294. The largest absolute Gasteiger partial charge is 0.276 e. The summed E-state index contributed by atoms with van der Waals surface area (Å²) in [6.45, 7) is 7.89. The van der Waals surface area contributed by atoms with E-state index in [0.29, 0.717) is 11.3 Å². The van der Waals surface area contributed by atoms with E-state index in [1.807, 2.05) is 32.9 Å². The van der Waals surface area contributed by atoms with E-state index in [1.54, 1.807) is 37.4 Å². The molecule has 0 saturated heterocycles. The SMILES string of the molecule is Cc1ccc(C(C)(C)C)cc1S(=O)(=O)N/N=C/c1ccccn1. The predicted molar refractivity (Wildman–Crippen MR) is 92.0 cm³/mol. The zero-order valence-corrected chi connectivity index (χ0v) is 14.6. The van der Waals surface area contributed by atoms with E-state index in [0.717, 1.165) is 5.56 Å². The van der Waals surface area contributed by atoms with Crippen LogP contribution in [0.2, 0.25) is 0 Å². The lowest BCUT2D eigenvalue weighted by Crippen LogP contribution is -2.21. The Morgan fingerprint density at radius 3 is 2.52 bits per heavy atom. The van der Waals surface area contributed by atoms with Gasteiger partial charge in [-0.1, -0.05) is 39.0 Å². The van der Waals surface area contributed by atoms with Crippen molar-refractivity contribution in [1.82, 2.24) is 9.82 Å². The highest BCUT2D eigenvalue weighted by molar-refractivity contribution is 7.89. The molecule has 0 amide bonds. The number of aryl methyl sites for hydroxylation is 1. The van der Waals surface area contributed by atoms with Crippen molar-refractivity contribution >= 4 is 16.2 Å². The molecule has 0 aliphatic rings. The van der Waals surface area contributed by atoms with Crippen LogP contribution in [0.4, 0.5) is 0 Å². The summed E-state index contributed by atoms with van der Waals surface area (Å²) in [6.07, 6.45) is 2.99. The number of rotatable bonds is 4. The Morgan fingerprint density at radius 1 is 1.17 bits per heavy atom. The standard InChI is InChI=1S/C17H21N3O2S/c1-13-8-9-14(17(2,3)4)11-16(13)23(21,22)20-19-12-15-7-5-6-10-18-15/h5-12,20H,1-4H3/b19-12+. The molecule has 2 aromatic rings. The van der Waals surface area contributed by atoms with Crippen LogP contribution in [0.15, 0.2) is 52.6 Å². The number of aromatic nitrogens is 1. The third kappa shape index (κ3) is 4.39. The molecular weight excluding hydrogens is 310 g/mol. The van der Waals surface area contributed by atoms with Gasteiger partial charge in [0.1, 0.15) is 0 Å². The summed E-state index contributed by atoms with van der Waals surface area (Å²) < 4.78 is 25.0. The van der Waals surface area contributed by atoms with E-state index >= 15 is 0 Å². The molecule has 0 spiro atoms. The molecule has 0 saturated carbocycles. The summed E-state index contributed by atoms with van der Waals surface area (Å²) >= 11 is 0. The average Bonchev–Trinajstić information content (AvgIpc) is 2.47. The van der Waals surface area contributed by atoms with Gasteiger partial charge in [-0.05, 0) is 41.7 Å². The van der Waals surface area contributed by atoms with Gasteiger partial charge in [0.15, 0.2) is 0 Å². The van der Waals surface area contributed by atoms with Gasteiger partial charge in [-0.3, -0.25) is 4.98 Å². The van der Waals surface area contributed by atoms with Crippen LogP contribution in [0, 0.1) is 6.92 Å². The van der Waals surface area contributed by atoms with Crippen molar-refractivity contribution in [3.05, 3.63) is 59.4 Å². The maximum Gasteiger partial charge on any atom is 0.276 e. The third-order valence-corrected chi connectivity index (χ3v) is 4.77. The van der Waals surface area contributed by atoms with E-state index < -0.39 is 10.0 Å². The third-order valence-electron chi connectivity index (χ3n) is 3.40. The number of nitrogens with one attached hydrogen (secondary N) is 1. The molecule has 122 valence electrons. The predicted octanol–water partition coefficient (Wildman–Crippen LogP) is 3.00. The molecule has 0 radical (unpaired) electrons. The summed E-state index contributed by atoms with van der Waals surface area (Å²) in [5.74, 6) is 0. The molecule has 0 bridgehead atoms. The minimum Gasteiger partial charge on any atom is -0.255 e. The van der Waals surface area contributed by atoms with Crippen LogP contribution in [0.25, 0.3) is 0 Å². The zero-order valence-electron chi connectivity index (χ0n) is 13.7. The van der Waals surface area contributed by atoms with E-state index in [-0.39, 0.29) is 10.3 Å². The van der Waals surface area contributed by atoms with Crippen LogP contribution >= 0.6 is 0 Å². The normalized spacial score (nSPS) is 12.5. The Bertz CT molecular complexity index is 807. The quantitative estimate of drug-likeness (QED) is 0.691. The number of hydrogen-bond acceptors (Lipinski definition) is 4. The lowest BCUT2D eigenvalue weighted by molar-refractivity contribution is 0.577. The van der Waals surface area contributed by atoms with E-state index in [1.165, 1.54) is 6.21 Å². The molecule has 1 N–H and O–H groups in total. The number of sulfonamides is 1. The first-order valence-electron chi connectivity index (χ1n) is 7.27. The van der Waals surface area contributed by atoms with Crippen LogP contribution in [-0.4, -0.2) is 19.6 Å². The monoisotopic (exact) mass is 331 g/mol. The number of pyridine rings is 1. The van der Waals surface area contributed by atoms with Gasteiger partial charge in [0, 0.05) is 6.20 Å². The molecule has 0 aliphatic carbocycles. The first kappa shape index (κ1) is 17.1. The summed E-state index contributed by atoms with van der Waals surface area (Å²) in [5, 5.41) is 3.80. The van der Waals surface area contributed by atoms with Crippen LogP contribution in [0.3, 0.4) is 0 Å².